The van der Waals surface area contributed by atoms with Crippen LogP contribution in [0.4, 0.5) is 4.79 Å². The fraction of sp³-hybridized carbons (Fsp3) is 0.364. The second-order valence-electron chi connectivity index (χ2n) is 6.86. The van der Waals surface area contributed by atoms with Crippen molar-refractivity contribution in [3.05, 3.63) is 70.8 Å². The average Bonchev–Trinajstić information content (AvgIpc) is 2.71. The highest BCUT2D eigenvalue weighted by atomic mass is 16.3. The number of aliphatic hydroxyl groups is 1. The van der Waals surface area contributed by atoms with E-state index >= 15 is 0 Å². The zero-order chi connectivity index (χ0) is 20.4. The molecule has 0 aliphatic heterocycles. The third-order valence-corrected chi connectivity index (χ3v) is 4.43. The van der Waals surface area contributed by atoms with Gasteiger partial charge in [-0.05, 0) is 43.5 Å². The van der Waals surface area contributed by atoms with E-state index in [1.807, 2.05) is 44.2 Å². The summed E-state index contributed by atoms with van der Waals surface area (Å²) in [7, 11) is 0. The normalized spacial score (nSPS) is 11.5. The Kier molecular flexibility index (Phi) is 8.49. The minimum absolute atomic E-state index is 0.00272. The van der Waals surface area contributed by atoms with Crippen molar-refractivity contribution in [1.82, 2.24) is 16.0 Å². The Morgan fingerprint density at radius 3 is 2.43 bits per heavy atom. The van der Waals surface area contributed by atoms with E-state index in [1.165, 1.54) is 5.56 Å². The van der Waals surface area contributed by atoms with Gasteiger partial charge in [0.15, 0.2) is 0 Å². The largest absolute Gasteiger partial charge is 0.396 e. The lowest BCUT2D eigenvalue weighted by atomic mass is 9.99. The number of aliphatic hydroxyl groups excluding tert-OH is 1. The molecule has 6 nitrogen and oxygen atoms in total. The molecule has 0 unspecified atom stereocenters. The maximum absolute atomic E-state index is 12.1. The van der Waals surface area contributed by atoms with Crippen LogP contribution in [0.1, 0.15) is 34.0 Å². The predicted molar refractivity (Wildman–Crippen MR) is 110 cm³/mol. The molecule has 2 rings (SSSR count). The van der Waals surface area contributed by atoms with Crippen LogP contribution in [-0.2, 0) is 13.0 Å². The summed E-state index contributed by atoms with van der Waals surface area (Å²) in [5, 5.41) is 17.9. The van der Waals surface area contributed by atoms with Crippen molar-refractivity contribution < 1.29 is 14.7 Å². The van der Waals surface area contributed by atoms with Crippen molar-refractivity contribution in [1.29, 1.82) is 0 Å². The highest BCUT2D eigenvalue weighted by molar-refractivity contribution is 5.94. The van der Waals surface area contributed by atoms with Crippen LogP contribution >= 0.6 is 0 Å². The van der Waals surface area contributed by atoms with Crippen molar-refractivity contribution in [2.45, 2.75) is 26.8 Å². The Balaban J connectivity index is 1.79. The molecule has 0 heterocycles. The zero-order valence-electron chi connectivity index (χ0n) is 16.5. The molecule has 0 bridgehead atoms. The van der Waals surface area contributed by atoms with Gasteiger partial charge in [-0.3, -0.25) is 4.79 Å². The summed E-state index contributed by atoms with van der Waals surface area (Å²) < 4.78 is 0. The quantitative estimate of drug-likeness (QED) is 0.536. The zero-order valence-corrected chi connectivity index (χ0v) is 16.5. The minimum Gasteiger partial charge on any atom is -0.396 e. The highest BCUT2D eigenvalue weighted by Gasteiger charge is 2.11. The van der Waals surface area contributed by atoms with Crippen LogP contribution in [0.2, 0.25) is 0 Å². The first-order valence-corrected chi connectivity index (χ1v) is 9.57. The summed E-state index contributed by atoms with van der Waals surface area (Å²) in [5.41, 5.74) is 3.74. The summed E-state index contributed by atoms with van der Waals surface area (Å²) in [5.74, 6) is -0.176. The van der Waals surface area contributed by atoms with Gasteiger partial charge >= 0.3 is 6.03 Å². The Morgan fingerprint density at radius 2 is 1.75 bits per heavy atom. The standard InChI is InChI=1S/C22H29N3O3/c1-3-23-21(27)20-6-4-5-18(12-20)13-24-22(28)25-14-19(15-26)11-17-9-7-16(2)8-10-17/h4-10,12,19,26H,3,11,13-15H2,1-2H3,(H,23,27)(H2,24,25,28)/t19-/m0/s1. The van der Waals surface area contributed by atoms with Gasteiger partial charge in [-0.25, -0.2) is 4.79 Å². The van der Waals surface area contributed by atoms with Crippen LogP contribution in [0.25, 0.3) is 0 Å². The molecule has 6 heteroatoms. The molecule has 4 N–H and O–H groups in total. The smallest absolute Gasteiger partial charge is 0.315 e. The first-order chi connectivity index (χ1) is 13.5. The summed E-state index contributed by atoms with van der Waals surface area (Å²) in [4.78, 5) is 24.0. The predicted octanol–water partition coefficient (Wildman–Crippen LogP) is 2.40. The van der Waals surface area contributed by atoms with Crippen LogP contribution in [0, 0.1) is 12.8 Å². The number of urea groups is 1. The molecule has 0 fully saturated rings. The molecule has 2 aromatic rings. The van der Waals surface area contributed by atoms with Gasteiger partial charge in [0.2, 0.25) is 0 Å². The van der Waals surface area contributed by atoms with E-state index < -0.39 is 0 Å². The number of nitrogens with one attached hydrogen (secondary N) is 3. The third-order valence-electron chi connectivity index (χ3n) is 4.43. The van der Waals surface area contributed by atoms with E-state index in [9.17, 15) is 14.7 Å². The molecular formula is C22H29N3O3. The van der Waals surface area contributed by atoms with Crippen molar-refractivity contribution in [3.63, 3.8) is 0 Å². The number of amides is 3. The molecule has 0 saturated carbocycles. The molecule has 28 heavy (non-hydrogen) atoms. The molecule has 150 valence electrons. The number of hydrogen-bond donors (Lipinski definition) is 4. The summed E-state index contributed by atoms with van der Waals surface area (Å²) in [6.07, 6.45) is 0.700. The second-order valence-corrected chi connectivity index (χ2v) is 6.86. The Labute approximate surface area is 166 Å². The Morgan fingerprint density at radius 1 is 1.00 bits per heavy atom. The Bertz CT molecular complexity index is 775. The van der Waals surface area contributed by atoms with Crippen LogP contribution < -0.4 is 16.0 Å². The fourth-order valence-electron chi connectivity index (χ4n) is 2.83. The SMILES string of the molecule is CCNC(=O)c1cccc(CNC(=O)NC[C@@H](CO)Cc2ccc(C)cc2)c1. The summed E-state index contributed by atoms with van der Waals surface area (Å²) in [6, 6.07) is 15.0. The van der Waals surface area contributed by atoms with Gasteiger partial charge in [0.1, 0.15) is 0 Å². The van der Waals surface area contributed by atoms with Crippen molar-refractivity contribution in [2.75, 3.05) is 19.7 Å². The topological polar surface area (TPSA) is 90.5 Å². The van der Waals surface area contributed by atoms with E-state index in [1.54, 1.807) is 18.2 Å². The molecule has 0 aliphatic carbocycles. The molecule has 2 aromatic carbocycles. The Hall–Kier alpha value is -2.86. The van der Waals surface area contributed by atoms with Crippen LogP contribution in [0.5, 0.6) is 0 Å². The number of rotatable bonds is 9. The molecule has 0 radical (unpaired) electrons. The van der Waals surface area contributed by atoms with Crippen LogP contribution in [0.15, 0.2) is 48.5 Å². The van der Waals surface area contributed by atoms with E-state index in [2.05, 4.69) is 16.0 Å². The lowest BCUT2D eigenvalue weighted by Crippen LogP contribution is -2.39. The lowest BCUT2D eigenvalue weighted by molar-refractivity contribution is 0.0955. The molecule has 3 amide bonds. The van der Waals surface area contributed by atoms with Crippen molar-refractivity contribution in [2.24, 2.45) is 5.92 Å². The molecule has 0 aromatic heterocycles. The second kappa shape index (κ2) is 11.1. The van der Waals surface area contributed by atoms with E-state index in [0.717, 1.165) is 11.1 Å². The number of carbonyl (C=O) groups excluding carboxylic acids is 2. The van der Waals surface area contributed by atoms with E-state index in [-0.39, 0.29) is 24.5 Å². The summed E-state index contributed by atoms with van der Waals surface area (Å²) in [6.45, 7) is 5.17. The third kappa shape index (κ3) is 7.04. The first-order valence-electron chi connectivity index (χ1n) is 9.57. The van der Waals surface area contributed by atoms with Crippen molar-refractivity contribution >= 4 is 11.9 Å². The number of carbonyl (C=O) groups is 2. The monoisotopic (exact) mass is 383 g/mol. The number of hydrogen-bond acceptors (Lipinski definition) is 3. The lowest BCUT2D eigenvalue weighted by Gasteiger charge is -2.16. The fourth-order valence-corrected chi connectivity index (χ4v) is 2.83. The van der Waals surface area contributed by atoms with Gasteiger partial charge in [0.25, 0.3) is 5.91 Å². The number of benzene rings is 2. The van der Waals surface area contributed by atoms with Gasteiger partial charge in [-0.15, -0.1) is 0 Å². The molecule has 0 spiro atoms. The van der Waals surface area contributed by atoms with Crippen LogP contribution in [-0.4, -0.2) is 36.7 Å². The molecule has 1 atom stereocenters. The van der Waals surface area contributed by atoms with E-state index in [0.29, 0.717) is 31.6 Å². The molecule has 0 saturated heterocycles. The van der Waals surface area contributed by atoms with Gasteiger partial charge in [0, 0.05) is 37.7 Å². The average molecular weight is 383 g/mol. The van der Waals surface area contributed by atoms with Crippen LogP contribution in [0.3, 0.4) is 0 Å². The maximum atomic E-state index is 12.1. The van der Waals surface area contributed by atoms with Crippen molar-refractivity contribution in [3.8, 4) is 0 Å². The minimum atomic E-state index is -0.300. The maximum Gasteiger partial charge on any atom is 0.315 e. The van der Waals surface area contributed by atoms with Gasteiger partial charge in [-0.2, -0.15) is 0 Å². The van der Waals surface area contributed by atoms with E-state index in [4.69, 9.17) is 0 Å². The first kappa shape index (κ1) is 21.4. The number of aryl methyl sites for hydroxylation is 1. The molecular weight excluding hydrogens is 354 g/mol. The highest BCUT2D eigenvalue weighted by Crippen LogP contribution is 2.10. The van der Waals surface area contributed by atoms with Gasteiger partial charge in [0.05, 0.1) is 0 Å². The summed E-state index contributed by atoms with van der Waals surface area (Å²) >= 11 is 0. The van der Waals surface area contributed by atoms with Gasteiger partial charge in [-0.1, -0.05) is 42.0 Å². The van der Waals surface area contributed by atoms with Gasteiger partial charge < -0.3 is 21.1 Å². The molecule has 0 aliphatic rings.